The van der Waals surface area contributed by atoms with Crippen molar-refractivity contribution in [3.63, 3.8) is 0 Å². The molecule has 1 fully saturated rings. The third-order valence-corrected chi connectivity index (χ3v) is 4.19. The fraction of sp³-hybridized carbons (Fsp3) is 0.700. The van der Waals surface area contributed by atoms with Crippen molar-refractivity contribution < 1.29 is 43.2 Å². The van der Waals surface area contributed by atoms with Crippen molar-refractivity contribution >= 4 is 12.6 Å². The van der Waals surface area contributed by atoms with E-state index in [0.717, 1.165) is 5.56 Å². The molecule has 0 radical (unpaired) electrons. The molecule has 9 nitrogen and oxygen atoms in total. The van der Waals surface area contributed by atoms with Crippen molar-refractivity contribution in [1.29, 1.82) is 0 Å². The third-order valence-electron chi connectivity index (χ3n) is 4.19. The topological polar surface area (TPSA) is 105 Å². The molecule has 30 heavy (non-hydrogen) atoms. The van der Waals surface area contributed by atoms with Crippen molar-refractivity contribution in [3.8, 4) is 0 Å². The van der Waals surface area contributed by atoms with Crippen LogP contribution in [0.15, 0.2) is 24.3 Å². The van der Waals surface area contributed by atoms with Crippen LogP contribution in [0.2, 0.25) is 0 Å². The Morgan fingerprint density at radius 2 is 1.37 bits per heavy atom. The van der Waals surface area contributed by atoms with Crippen LogP contribution in [-0.4, -0.2) is 103 Å². The molecular weight excluding hydrogens is 395 g/mol. The van der Waals surface area contributed by atoms with Crippen LogP contribution in [0.5, 0.6) is 0 Å². The van der Waals surface area contributed by atoms with Gasteiger partial charge in [0, 0.05) is 0 Å². The van der Waals surface area contributed by atoms with Gasteiger partial charge in [-0.1, -0.05) is 24.3 Å². The first-order chi connectivity index (χ1) is 14.8. The Morgan fingerprint density at radius 1 is 0.800 bits per heavy atom. The van der Waals surface area contributed by atoms with Crippen LogP contribution in [0.25, 0.3) is 0 Å². The van der Waals surface area contributed by atoms with Crippen molar-refractivity contribution in [3.05, 3.63) is 29.8 Å². The Morgan fingerprint density at radius 3 is 1.97 bits per heavy atom. The first kappa shape index (κ1) is 25.2. The van der Waals surface area contributed by atoms with E-state index in [2.05, 4.69) is 0 Å². The van der Waals surface area contributed by atoms with Crippen LogP contribution in [0.1, 0.15) is 5.56 Å². The average molecular weight is 428 g/mol. The lowest BCUT2D eigenvalue weighted by Gasteiger charge is -2.19. The third kappa shape index (κ3) is 11.9. The molecule has 1 aliphatic heterocycles. The molecule has 0 aromatic heterocycles. The lowest BCUT2D eigenvalue weighted by atomic mass is 9.80. The van der Waals surface area contributed by atoms with E-state index in [9.17, 15) is 10.0 Å². The number of ether oxygens (including phenoxy) is 7. The highest BCUT2D eigenvalue weighted by Gasteiger charge is 2.13. The van der Waals surface area contributed by atoms with Gasteiger partial charge in [0.25, 0.3) is 0 Å². The molecule has 0 aliphatic carbocycles. The van der Waals surface area contributed by atoms with E-state index in [1.54, 1.807) is 18.2 Å². The summed E-state index contributed by atoms with van der Waals surface area (Å²) < 4.78 is 39.0. The number of benzene rings is 1. The smallest absolute Gasteiger partial charge is 0.423 e. The fourth-order valence-electron chi connectivity index (χ4n) is 2.66. The van der Waals surface area contributed by atoms with E-state index < -0.39 is 7.12 Å². The van der Waals surface area contributed by atoms with E-state index in [1.165, 1.54) is 0 Å². The molecule has 1 saturated heterocycles. The summed E-state index contributed by atoms with van der Waals surface area (Å²) in [6, 6.07) is 6.97. The minimum absolute atomic E-state index is 0.251. The van der Waals surface area contributed by atoms with E-state index in [4.69, 9.17) is 33.2 Å². The number of hydrogen-bond acceptors (Lipinski definition) is 9. The second-order valence-corrected chi connectivity index (χ2v) is 6.65. The summed E-state index contributed by atoms with van der Waals surface area (Å²) in [5, 5.41) is 18.5. The van der Waals surface area contributed by atoms with Crippen molar-refractivity contribution in [2.75, 3.05) is 79.3 Å². The average Bonchev–Trinajstić information content (AvgIpc) is 2.75. The normalized spacial score (nSPS) is 21.5. The molecule has 2 rings (SSSR count). The molecule has 2 N–H and O–H groups in total. The molecule has 0 spiro atoms. The zero-order valence-corrected chi connectivity index (χ0v) is 17.4. The Bertz CT molecular complexity index is 529. The summed E-state index contributed by atoms with van der Waals surface area (Å²) in [4.78, 5) is 0. The first-order valence-corrected chi connectivity index (χ1v) is 10.3. The molecule has 1 unspecified atom stereocenters. The van der Waals surface area contributed by atoms with Crippen LogP contribution in [0.4, 0.5) is 0 Å². The lowest BCUT2D eigenvalue weighted by Crippen LogP contribution is -2.30. The zero-order chi connectivity index (χ0) is 21.3. The summed E-state index contributed by atoms with van der Waals surface area (Å²) in [5.74, 6) is 0. The highest BCUT2D eigenvalue weighted by molar-refractivity contribution is 6.58. The summed E-state index contributed by atoms with van der Waals surface area (Å²) >= 11 is 0. The van der Waals surface area contributed by atoms with Gasteiger partial charge in [-0.2, -0.15) is 0 Å². The van der Waals surface area contributed by atoms with Gasteiger partial charge >= 0.3 is 7.12 Å². The molecule has 1 aromatic carbocycles. The molecule has 170 valence electrons. The maximum Gasteiger partial charge on any atom is 0.488 e. The molecule has 0 amide bonds. The van der Waals surface area contributed by atoms with Crippen molar-refractivity contribution in [2.24, 2.45) is 0 Å². The van der Waals surface area contributed by atoms with Gasteiger partial charge in [0.15, 0.2) is 0 Å². The standard InChI is InChI=1S/C20H33BO9/c22-21(23)19-3-1-2-18(14-19)15-29-17-20-16-28-11-10-26-7-6-24-4-5-25-8-9-27-12-13-30-20/h1-3,14,20,22-23H,4-13,15-17H2. The minimum atomic E-state index is -1.50. The lowest BCUT2D eigenvalue weighted by molar-refractivity contribution is -0.0865. The molecular formula is C20H33BO9. The highest BCUT2D eigenvalue weighted by atomic mass is 16.6. The van der Waals surface area contributed by atoms with Crippen LogP contribution >= 0.6 is 0 Å². The molecule has 1 atom stereocenters. The van der Waals surface area contributed by atoms with E-state index in [0.29, 0.717) is 91.4 Å². The molecule has 0 bridgehead atoms. The Kier molecular flexibility index (Phi) is 13.9. The number of hydrogen-bond donors (Lipinski definition) is 2. The maximum atomic E-state index is 9.27. The van der Waals surface area contributed by atoms with E-state index >= 15 is 0 Å². The first-order valence-electron chi connectivity index (χ1n) is 10.3. The summed E-state index contributed by atoms with van der Waals surface area (Å²) in [5.41, 5.74) is 1.28. The number of rotatable bonds is 5. The van der Waals surface area contributed by atoms with Crippen LogP contribution in [0.3, 0.4) is 0 Å². The molecule has 1 aromatic rings. The second-order valence-electron chi connectivity index (χ2n) is 6.65. The zero-order valence-electron chi connectivity index (χ0n) is 17.4. The molecule has 10 heteroatoms. The summed E-state index contributed by atoms with van der Waals surface area (Å²) in [7, 11) is -1.50. The second kappa shape index (κ2) is 16.6. The molecule has 1 aliphatic rings. The van der Waals surface area contributed by atoms with E-state index in [1.807, 2.05) is 6.07 Å². The quantitative estimate of drug-likeness (QED) is 0.593. The monoisotopic (exact) mass is 428 g/mol. The minimum Gasteiger partial charge on any atom is -0.423 e. The van der Waals surface area contributed by atoms with Gasteiger partial charge in [-0.15, -0.1) is 0 Å². The molecule has 1 heterocycles. The van der Waals surface area contributed by atoms with Gasteiger partial charge in [-0.3, -0.25) is 0 Å². The van der Waals surface area contributed by atoms with Crippen molar-refractivity contribution in [2.45, 2.75) is 12.7 Å². The largest absolute Gasteiger partial charge is 0.488 e. The van der Waals surface area contributed by atoms with Crippen LogP contribution in [0, 0.1) is 0 Å². The van der Waals surface area contributed by atoms with Gasteiger partial charge < -0.3 is 43.2 Å². The van der Waals surface area contributed by atoms with Crippen molar-refractivity contribution in [1.82, 2.24) is 0 Å². The Hall–Kier alpha value is -1.08. The van der Waals surface area contributed by atoms with Gasteiger partial charge in [0.2, 0.25) is 0 Å². The van der Waals surface area contributed by atoms with Gasteiger partial charge in [0.1, 0.15) is 6.10 Å². The molecule has 0 saturated carbocycles. The fourth-order valence-corrected chi connectivity index (χ4v) is 2.66. The Balaban J connectivity index is 1.72. The van der Waals surface area contributed by atoms with Crippen LogP contribution < -0.4 is 5.46 Å². The SMILES string of the molecule is OB(O)c1cccc(COCC2COCCOCCOCCOCCOCCO2)c1. The van der Waals surface area contributed by atoms with Gasteiger partial charge in [-0.05, 0) is 11.0 Å². The highest BCUT2D eigenvalue weighted by Crippen LogP contribution is 2.03. The van der Waals surface area contributed by atoms with Gasteiger partial charge in [0.05, 0.1) is 85.9 Å². The predicted octanol–water partition coefficient (Wildman–Crippen LogP) is -0.635. The summed E-state index contributed by atoms with van der Waals surface area (Å²) in [6.07, 6.45) is -0.251. The summed E-state index contributed by atoms with van der Waals surface area (Å²) in [6.45, 7) is 5.96. The Labute approximate surface area is 178 Å². The predicted molar refractivity (Wildman–Crippen MR) is 110 cm³/mol. The maximum absolute atomic E-state index is 9.27. The van der Waals surface area contributed by atoms with Crippen LogP contribution in [-0.2, 0) is 39.8 Å². The van der Waals surface area contributed by atoms with Gasteiger partial charge in [-0.25, -0.2) is 0 Å². The van der Waals surface area contributed by atoms with E-state index in [-0.39, 0.29) is 6.10 Å².